The Kier molecular flexibility index (Phi) is 3.63. The summed E-state index contributed by atoms with van der Waals surface area (Å²) in [5.41, 5.74) is 5.59. The Balaban J connectivity index is 2.00. The van der Waals surface area contributed by atoms with E-state index in [1.165, 1.54) is 12.1 Å². The van der Waals surface area contributed by atoms with Crippen LogP contribution in [0.15, 0.2) is 22.7 Å². The molecule has 0 saturated heterocycles. The van der Waals surface area contributed by atoms with Gasteiger partial charge in [0, 0.05) is 12.1 Å². The Bertz CT molecular complexity index is 433. The predicted molar refractivity (Wildman–Crippen MR) is 67.0 cm³/mol. The summed E-state index contributed by atoms with van der Waals surface area (Å²) in [6.45, 7) is 0.696. The molecule has 1 aromatic rings. The smallest absolute Gasteiger partial charge is 0.270 e. The second-order valence-electron chi connectivity index (χ2n) is 4.18. The van der Waals surface area contributed by atoms with Gasteiger partial charge in [-0.05, 0) is 47.3 Å². The Hall–Kier alpha value is -1.14. The van der Waals surface area contributed by atoms with Crippen LogP contribution in [0, 0.1) is 16.0 Å². The van der Waals surface area contributed by atoms with Gasteiger partial charge in [-0.2, -0.15) is 0 Å². The van der Waals surface area contributed by atoms with Crippen molar-refractivity contribution in [1.82, 2.24) is 0 Å². The van der Waals surface area contributed by atoms with E-state index in [1.54, 1.807) is 6.07 Å². The Morgan fingerprint density at radius 1 is 1.53 bits per heavy atom. The molecule has 17 heavy (non-hydrogen) atoms. The van der Waals surface area contributed by atoms with Gasteiger partial charge in [-0.15, -0.1) is 0 Å². The number of rotatable bonds is 4. The topological polar surface area (TPSA) is 78.4 Å². The van der Waals surface area contributed by atoms with Gasteiger partial charge in [0.15, 0.2) is 0 Å². The summed E-state index contributed by atoms with van der Waals surface area (Å²) in [4.78, 5) is 10.1. The molecule has 5 nitrogen and oxygen atoms in total. The van der Waals surface area contributed by atoms with Gasteiger partial charge >= 0.3 is 0 Å². The quantitative estimate of drug-likeness (QED) is 0.684. The normalized spacial score (nSPS) is 22.9. The van der Waals surface area contributed by atoms with Crippen LogP contribution in [-0.4, -0.2) is 17.6 Å². The molecular weight excluding hydrogens is 288 g/mol. The molecule has 1 aliphatic rings. The van der Waals surface area contributed by atoms with E-state index in [4.69, 9.17) is 10.5 Å². The average Bonchev–Trinajstić information content (AvgIpc) is 2.24. The average molecular weight is 301 g/mol. The number of nitro benzene ring substituents is 1. The number of non-ortho nitro benzene ring substituents is 1. The number of nitrogens with two attached hydrogens (primary N) is 1. The minimum atomic E-state index is -0.428. The van der Waals surface area contributed by atoms with Crippen molar-refractivity contribution in [2.24, 2.45) is 11.7 Å². The summed E-state index contributed by atoms with van der Waals surface area (Å²) in [6, 6.07) is 4.52. The third-order valence-corrected chi connectivity index (χ3v) is 3.57. The number of benzene rings is 1. The third kappa shape index (κ3) is 2.76. The van der Waals surface area contributed by atoms with Gasteiger partial charge in [0.1, 0.15) is 5.75 Å². The number of nitrogens with zero attached hydrogens (tertiary/aromatic N) is 1. The van der Waals surface area contributed by atoms with Crippen LogP contribution in [0.3, 0.4) is 0 Å². The van der Waals surface area contributed by atoms with Crippen LogP contribution in [0.2, 0.25) is 0 Å². The van der Waals surface area contributed by atoms with Crippen molar-refractivity contribution < 1.29 is 9.66 Å². The standard InChI is InChI=1S/C11H13BrN2O3/c12-10-5-8(14(15)16)1-2-11(10)17-9-3-7(4-9)6-13/h1-2,5,7,9H,3-4,6,13H2. The van der Waals surface area contributed by atoms with Crippen LogP contribution in [0.4, 0.5) is 5.69 Å². The maximum Gasteiger partial charge on any atom is 0.270 e. The van der Waals surface area contributed by atoms with Crippen molar-refractivity contribution in [2.75, 3.05) is 6.54 Å². The zero-order valence-corrected chi connectivity index (χ0v) is 10.7. The van der Waals surface area contributed by atoms with Gasteiger partial charge in [-0.25, -0.2) is 0 Å². The fourth-order valence-electron chi connectivity index (χ4n) is 1.84. The van der Waals surface area contributed by atoms with E-state index in [-0.39, 0.29) is 11.8 Å². The fourth-order valence-corrected chi connectivity index (χ4v) is 2.30. The summed E-state index contributed by atoms with van der Waals surface area (Å²) in [7, 11) is 0. The first-order valence-electron chi connectivity index (χ1n) is 5.41. The lowest BCUT2D eigenvalue weighted by molar-refractivity contribution is -0.385. The molecule has 0 spiro atoms. The molecule has 1 saturated carbocycles. The highest BCUT2D eigenvalue weighted by atomic mass is 79.9. The van der Waals surface area contributed by atoms with Gasteiger partial charge in [0.25, 0.3) is 5.69 Å². The van der Waals surface area contributed by atoms with Gasteiger partial charge < -0.3 is 10.5 Å². The van der Waals surface area contributed by atoms with Crippen molar-refractivity contribution in [2.45, 2.75) is 18.9 Å². The summed E-state index contributed by atoms with van der Waals surface area (Å²) in [5, 5.41) is 10.6. The zero-order valence-electron chi connectivity index (χ0n) is 9.14. The fraction of sp³-hybridized carbons (Fsp3) is 0.455. The summed E-state index contributed by atoms with van der Waals surface area (Å²) >= 11 is 3.28. The predicted octanol–water partition coefficient (Wildman–Crippen LogP) is 2.47. The first-order chi connectivity index (χ1) is 8.10. The van der Waals surface area contributed by atoms with E-state index in [0.29, 0.717) is 22.7 Å². The number of hydrogen-bond acceptors (Lipinski definition) is 4. The lowest BCUT2D eigenvalue weighted by Crippen LogP contribution is -2.37. The van der Waals surface area contributed by atoms with Gasteiger partial charge in [-0.3, -0.25) is 10.1 Å². The molecular formula is C11H13BrN2O3. The van der Waals surface area contributed by atoms with Crippen molar-refractivity contribution in [3.05, 3.63) is 32.8 Å². The monoisotopic (exact) mass is 300 g/mol. The van der Waals surface area contributed by atoms with Gasteiger partial charge in [0.2, 0.25) is 0 Å². The summed E-state index contributed by atoms with van der Waals surface area (Å²) < 4.78 is 6.34. The minimum Gasteiger partial charge on any atom is -0.489 e. The molecule has 92 valence electrons. The second kappa shape index (κ2) is 5.01. The van der Waals surface area contributed by atoms with Crippen LogP contribution in [0.5, 0.6) is 5.75 Å². The summed E-state index contributed by atoms with van der Waals surface area (Å²) in [5.74, 6) is 1.20. The number of ether oxygens (including phenoxy) is 1. The number of nitro groups is 1. The SMILES string of the molecule is NCC1CC(Oc2ccc([N+](=O)[O-])cc2Br)C1. The van der Waals surface area contributed by atoms with Crippen LogP contribution >= 0.6 is 15.9 Å². The number of halogens is 1. The minimum absolute atomic E-state index is 0.0534. The van der Waals surface area contributed by atoms with Crippen molar-refractivity contribution in [3.63, 3.8) is 0 Å². The van der Waals surface area contributed by atoms with E-state index in [0.717, 1.165) is 12.8 Å². The molecule has 6 heteroatoms. The van der Waals surface area contributed by atoms with E-state index >= 15 is 0 Å². The highest BCUT2D eigenvalue weighted by Gasteiger charge is 2.30. The molecule has 0 bridgehead atoms. The molecule has 0 radical (unpaired) electrons. The van der Waals surface area contributed by atoms with E-state index in [2.05, 4.69) is 15.9 Å². The molecule has 2 N–H and O–H groups in total. The van der Waals surface area contributed by atoms with Crippen LogP contribution < -0.4 is 10.5 Å². The van der Waals surface area contributed by atoms with Crippen LogP contribution in [-0.2, 0) is 0 Å². The molecule has 1 aromatic carbocycles. The lowest BCUT2D eigenvalue weighted by Gasteiger charge is -2.34. The molecule has 0 amide bonds. The molecule has 0 atom stereocenters. The summed E-state index contributed by atoms with van der Waals surface area (Å²) in [6.07, 6.45) is 2.10. The second-order valence-corrected chi connectivity index (χ2v) is 5.04. The molecule has 0 aromatic heterocycles. The Morgan fingerprint density at radius 2 is 2.24 bits per heavy atom. The van der Waals surface area contributed by atoms with E-state index < -0.39 is 4.92 Å². The Labute approximate surface area is 107 Å². The molecule has 0 aliphatic heterocycles. The molecule has 2 rings (SSSR count). The molecule has 1 fully saturated rings. The molecule has 0 unspecified atom stereocenters. The third-order valence-electron chi connectivity index (χ3n) is 2.95. The van der Waals surface area contributed by atoms with E-state index in [1.807, 2.05) is 0 Å². The maximum atomic E-state index is 10.6. The van der Waals surface area contributed by atoms with Crippen molar-refractivity contribution >= 4 is 21.6 Å². The van der Waals surface area contributed by atoms with Crippen LogP contribution in [0.1, 0.15) is 12.8 Å². The zero-order chi connectivity index (χ0) is 12.4. The largest absolute Gasteiger partial charge is 0.489 e. The van der Waals surface area contributed by atoms with E-state index in [9.17, 15) is 10.1 Å². The molecule has 0 heterocycles. The van der Waals surface area contributed by atoms with Gasteiger partial charge in [0.05, 0.1) is 15.5 Å². The first-order valence-corrected chi connectivity index (χ1v) is 6.20. The van der Waals surface area contributed by atoms with Crippen LogP contribution in [0.25, 0.3) is 0 Å². The maximum absolute atomic E-state index is 10.6. The Morgan fingerprint density at radius 3 is 2.76 bits per heavy atom. The van der Waals surface area contributed by atoms with Crippen molar-refractivity contribution in [1.29, 1.82) is 0 Å². The van der Waals surface area contributed by atoms with Gasteiger partial charge in [-0.1, -0.05) is 0 Å². The highest BCUT2D eigenvalue weighted by Crippen LogP contribution is 2.35. The van der Waals surface area contributed by atoms with Crippen molar-refractivity contribution in [3.8, 4) is 5.75 Å². The molecule has 1 aliphatic carbocycles. The highest BCUT2D eigenvalue weighted by molar-refractivity contribution is 9.10. The lowest BCUT2D eigenvalue weighted by atomic mass is 9.82. The number of hydrogen-bond donors (Lipinski definition) is 1. The first kappa shape index (κ1) is 12.3.